The normalized spacial score (nSPS) is 18.8. The van der Waals surface area contributed by atoms with Crippen LogP contribution in [0.5, 0.6) is 11.6 Å². The number of ether oxygens (including phenoxy) is 1. The fraction of sp³-hybridized carbons (Fsp3) is 0.381. The SMILES string of the molecule is CSc1cccc(Oc2ncc(F)cc2C(=O)NC2CCC(CC(=O)O)CC2)c1. The third-order valence-electron chi connectivity index (χ3n) is 4.96. The van der Waals surface area contributed by atoms with Gasteiger partial charge in [0, 0.05) is 17.4 Å². The highest BCUT2D eigenvalue weighted by atomic mass is 32.2. The van der Waals surface area contributed by atoms with E-state index in [1.165, 1.54) is 0 Å². The first kappa shape index (κ1) is 21.1. The molecule has 1 saturated carbocycles. The number of pyridine rings is 1. The van der Waals surface area contributed by atoms with Crippen molar-refractivity contribution in [1.82, 2.24) is 10.3 Å². The number of carboxylic acid groups (broad SMARTS) is 1. The summed E-state index contributed by atoms with van der Waals surface area (Å²) in [6.45, 7) is 0. The molecule has 0 bridgehead atoms. The van der Waals surface area contributed by atoms with Crippen molar-refractivity contribution in [3.05, 3.63) is 47.9 Å². The van der Waals surface area contributed by atoms with Gasteiger partial charge in [-0.05, 0) is 62.1 Å². The van der Waals surface area contributed by atoms with Gasteiger partial charge in [0.1, 0.15) is 17.1 Å². The molecule has 1 fully saturated rings. The molecule has 0 atom stereocenters. The third kappa shape index (κ3) is 5.93. The number of hydrogen-bond donors (Lipinski definition) is 2. The highest BCUT2D eigenvalue weighted by Crippen LogP contribution is 2.29. The maximum atomic E-state index is 13.8. The molecule has 0 unspecified atom stereocenters. The number of thioether (sulfide) groups is 1. The number of carbonyl (C=O) groups is 2. The molecule has 1 heterocycles. The van der Waals surface area contributed by atoms with Gasteiger partial charge in [-0.25, -0.2) is 9.37 Å². The molecule has 2 N–H and O–H groups in total. The average Bonchev–Trinajstić information content (AvgIpc) is 2.70. The molecule has 154 valence electrons. The summed E-state index contributed by atoms with van der Waals surface area (Å²) in [5.41, 5.74) is 0.0345. The van der Waals surface area contributed by atoms with Crippen molar-refractivity contribution in [2.45, 2.75) is 43.0 Å². The second kappa shape index (κ2) is 9.73. The zero-order valence-electron chi connectivity index (χ0n) is 16.1. The Hall–Kier alpha value is -2.61. The van der Waals surface area contributed by atoms with Crippen LogP contribution in [0.4, 0.5) is 4.39 Å². The predicted octanol–water partition coefficient (Wildman–Crippen LogP) is 4.50. The zero-order valence-corrected chi connectivity index (χ0v) is 16.9. The fourth-order valence-corrected chi connectivity index (χ4v) is 3.92. The van der Waals surface area contributed by atoms with E-state index in [-0.39, 0.29) is 29.8 Å². The molecular weight excluding hydrogens is 395 g/mol. The molecule has 0 spiro atoms. The van der Waals surface area contributed by atoms with Crippen LogP contribution in [0.1, 0.15) is 42.5 Å². The second-order valence-electron chi connectivity index (χ2n) is 7.08. The summed E-state index contributed by atoms with van der Waals surface area (Å²) in [4.78, 5) is 28.6. The standard InChI is InChI=1S/C21H23FN2O4S/c1-29-17-4-2-3-16(11-17)28-21-18(10-14(22)12-23-21)20(27)24-15-7-5-13(6-8-15)9-19(25)26/h2-4,10-13,15H,5-9H2,1H3,(H,24,27)(H,25,26). The van der Waals surface area contributed by atoms with Gasteiger partial charge in [0.25, 0.3) is 5.91 Å². The molecule has 3 rings (SSSR count). The molecule has 0 saturated heterocycles. The minimum atomic E-state index is -0.796. The van der Waals surface area contributed by atoms with Crippen LogP contribution in [0.15, 0.2) is 41.4 Å². The molecule has 0 radical (unpaired) electrons. The van der Waals surface area contributed by atoms with E-state index in [1.54, 1.807) is 17.8 Å². The summed E-state index contributed by atoms with van der Waals surface area (Å²) in [7, 11) is 0. The number of aliphatic carboxylic acids is 1. The van der Waals surface area contributed by atoms with Crippen LogP contribution < -0.4 is 10.1 Å². The van der Waals surface area contributed by atoms with E-state index >= 15 is 0 Å². The van der Waals surface area contributed by atoms with Crippen LogP contribution in [0.2, 0.25) is 0 Å². The van der Waals surface area contributed by atoms with Crippen molar-refractivity contribution in [3.8, 4) is 11.6 Å². The number of nitrogens with zero attached hydrogens (tertiary/aromatic N) is 1. The topological polar surface area (TPSA) is 88.5 Å². The Labute approximate surface area is 172 Å². The number of halogens is 1. The van der Waals surface area contributed by atoms with Crippen LogP contribution in [0, 0.1) is 11.7 Å². The molecule has 0 aliphatic heterocycles. The first-order valence-electron chi connectivity index (χ1n) is 9.44. The van der Waals surface area contributed by atoms with E-state index in [1.807, 2.05) is 24.5 Å². The van der Waals surface area contributed by atoms with Crippen molar-refractivity contribution in [3.63, 3.8) is 0 Å². The smallest absolute Gasteiger partial charge is 0.303 e. The lowest BCUT2D eigenvalue weighted by Crippen LogP contribution is -2.38. The Morgan fingerprint density at radius 3 is 2.72 bits per heavy atom. The van der Waals surface area contributed by atoms with Gasteiger partial charge in [-0.15, -0.1) is 11.8 Å². The summed E-state index contributed by atoms with van der Waals surface area (Å²) in [6, 6.07) is 8.37. The van der Waals surface area contributed by atoms with E-state index in [0.29, 0.717) is 18.6 Å². The molecule has 1 aliphatic rings. The third-order valence-corrected chi connectivity index (χ3v) is 5.69. The van der Waals surface area contributed by atoms with Crippen LogP contribution in [0.25, 0.3) is 0 Å². The number of nitrogens with one attached hydrogen (secondary N) is 1. The molecular formula is C21H23FN2O4S. The lowest BCUT2D eigenvalue weighted by atomic mass is 9.84. The largest absolute Gasteiger partial charge is 0.481 e. The number of benzene rings is 1. The van der Waals surface area contributed by atoms with E-state index < -0.39 is 17.7 Å². The molecule has 2 aromatic rings. The predicted molar refractivity (Wildman–Crippen MR) is 108 cm³/mol. The quantitative estimate of drug-likeness (QED) is 0.644. The number of amides is 1. The molecule has 1 aromatic heterocycles. The number of rotatable bonds is 7. The summed E-state index contributed by atoms with van der Waals surface area (Å²) < 4.78 is 19.5. The highest BCUT2D eigenvalue weighted by molar-refractivity contribution is 7.98. The van der Waals surface area contributed by atoms with Crippen LogP contribution >= 0.6 is 11.8 Å². The summed E-state index contributed by atoms with van der Waals surface area (Å²) in [6.07, 6.45) is 5.98. The molecule has 6 nitrogen and oxygen atoms in total. The van der Waals surface area contributed by atoms with E-state index in [9.17, 15) is 14.0 Å². The first-order valence-corrected chi connectivity index (χ1v) is 10.7. The molecule has 8 heteroatoms. The van der Waals surface area contributed by atoms with Crippen molar-refractivity contribution >= 4 is 23.6 Å². The summed E-state index contributed by atoms with van der Waals surface area (Å²) in [5.74, 6) is -1.17. The van der Waals surface area contributed by atoms with Crippen molar-refractivity contribution in [1.29, 1.82) is 0 Å². The van der Waals surface area contributed by atoms with Gasteiger partial charge >= 0.3 is 5.97 Å². The van der Waals surface area contributed by atoms with Gasteiger partial charge < -0.3 is 15.2 Å². The Balaban J connectivity index is 1.68. The number of carboxylic acids is 1. The lowest BCUT2D eigenvalue weighted by molar-refractivity contribution is -0.138. The Morgan fingerprint density at radius 1 is 1.28 bits per heavy atom. The van der Waals surface area contributed by atoms with Crippen LogP contribution in [0.3, 0.4) is 0 Å². The number of carbonyl (C=O) groups excluding carboxylic acids is 1. The fourth-order valence-electron chi connectivity index (χ4n) is 3.47. The van der Waals surface area contributed by atoms with E-state index in [0.717, 1.165) is 30.0 Å². The number of hydrogen-bond acceptors (Lipinski definition) is 5. The maximum absolute atomic E-state index is 13.8. The first-order chi connectivity index (χ1) is 13.9. The molecule has 1 aromatic carbocycles. The van der Waals surface area contributed by atoms with Gasteiger partial charge in [-0.1, -0.05) is 6.07 Å². The van der Waals surface area contributed by atoms with Crippen molar-refractivity contribution in [2.75, 3.05) is 6.26 Å². The molecule has 29 heavy (non-hydrogen) atoms. The van der Waals surface area contributed by atoms with Gasteiger partial charge in [-0.3, -0.25) is 9.59 Å². The van der Waals surface area contributed by atoms with Gasteiger partial charge in [0.2, 0.25) is 5.88 Å². The van der Waals surface area contributed by atoms with Crippen LogP contribution in [-0.2, 0) is 4.79 Å². The Morgan fingerprint density at radius 2 is 2.03 bits per heavy atom. The summed E-state index contributed by atoms with van der Waals surface area (Å²) in [5, 5.41) is 11.8. The lowest BCUT2D eigenvalue weighted by Gasteiger charge is -2.28. The maximum Gasteiger partial charge on any atom is 0.303 e. The van der Waals surface area contributed by atoms with Gasteiger partial charge in [0.15, 0.2) is 0 Å². The van der Waals surface area contributed by atoms with Crippen molar-refractivity contribution < 1.29 is 23.8 Å². The Bertz CT molecular complexity index is 885. The second-order valence-corrected chi connectivity index (χ2v) is 7.96. The minimum absolute atomic E-state index is 0.0345. The van der Waals surface area contributed by atoms with Gasteiger partial charge in [-0.2, -0.15) is 0 Å². The molecule has 1 amide bonds. The van der Waals surface area contributed by atoms with Crippen molar-refractivity contribution in [2.24, 2.45) is 5.92 Å². The van der Waals surface area contributed by atoms with Gasteiger partial charge in [0.05, 0.1) is 6.20 Å². The zero-order chi connectivity index (χ0) is 20.8. The van der Waals surface area contributed by atoms with E-state index in [4.69, 9.17) is 9.84 Å². The average molecular weight is 418 g/mol. The molecule has 1 aliphatic carbocycles. The van der Waals surface area contributed by atoms with E-state index in [2.05, 4.69) is 10.3 Å². The minimum Gasteiger partial charge on any atom is -0.481 e. The Kier molecular flexibility index (Phi) is 7.09. The highest BCUT2D eigenvalue weighted by Gasteiger charge is 2.26. The monoisotopic (exact) mass is 418 g/mol. The number of aromatic nitrogens is 1. The summed E-state index contributed by atoms with van der Waals surface area (Å²) >= 11 is 1.56. The van der Waals surface area contributed by atoms with Crippen LogP contribution in [-0.4, -0.2) is 34.3 Å².